The van der Waals surface area contributed by atoms with E-state index in [0.29, 0.717) is 12.1 Å². The van der Waals surface area contributed by atoms with Crippen molar-refractivity contribution in [3.05, 3.63) is 35.4 Å². The van der Waals surface area contributed by atoms with Crippen molar-refractivity contribution >= 4 is 19.4 Å². The molecular weight excluding hydrogens is 322 g/mol. The molecule has 0 bridgehead atoms. The molecule has 5 nitrogen and oxygen atoms in total. The van der Waals surface area contributed by atoms with E-state index in [-0.39, 0.29) is 31.1 Å². The summed E-state index contributed by atoms with van der Waals surface area (Å²) in [6.45, 7) is 5.37. The lowest BCUT2D eigenvalue weighted by Gasteiger charge is -2.48. The Labute approximate surface area is 150 Å². The molecule has 130 valence electrons. The average Bonchev–Trinajstić information content (AvgIpc) is 2.56. The van der Waals surface area contributed by atoms with Gasteiger partial charge >= 0.3 is 0 Å². The molecule has 2 aliphatic rings. The minimum absolute atomic E-state index is 0. The van der Waals surface area contributed by atoms with Crippen molar-refractivity contribution in [3.8, 4) is 6.07 Å². The SMILES string of the molecule is C[C@@H]1OC2(CCN(Cc3ccc(C#N)cc3)CC2)CN(C)C1=O.S. The third-order valence-corrected chi connectivity index (χ3v) is 4.93. The van der Waals surface area contributed by atoms with Crippen molar-refractivity contribution in [1.82, 2.24) is 9.80 Å². The maximum atomic E-state index is 11.9. The third-order valence-electron chi connectivity index (χ3n) is 4.93. The lowest BCUT2D eigenvalue weighted by atomic mass is 9.88. The Bertz CT molecular complexity index is 602. The van der Waals surface area contributed by atoms with E-state index >= 15 is 0 Å². The van der Waals surface area contributed by atoms with Gasteiger partial charge in [0.25, 0.3) is 5.91 Å². The van der Waals surface area contributed by atoms with Gasteiger partial charge in [-0.25, -0.2) is 0 Å². The Kier molecular flexibility index (Phi) is 5.92. The van der Waals surface area contributed by atoms with Crippen molar-refractivity contribution in [2.75, 3.05) is 26.7 Å². The van der Waals surface area contributed by atoms with E-state index in [1.165, 1.54) is 5.56 Å². The van der Waals surface area contributed by atoms with E-state index in [4.69, 9.17) is 10.00 Å². The highest BCUT2D eigenvalue weighted by Crippen LogP contribution is 2.32. The number of rotatable bonds is 2. The van der Waals surface area contributed by atoms with Gasteiger partial charge < -0.3 is 9.64 Å². The maximum absolute atomic E-state index is 11.9. The number of nitrogens with zero attached hydrogens (tertiary/aromatic N) is 3. The van der Waals surface area contributed by atoms with Gasteiger partial charge in [-0.05, 0) is 37.5 Å². The molecule has 1 aromatic carbocycles. The summed E-state index contributed by atoms with van der Waals surface area (Å²) in [4.78, 5) is 16.1. The second-order valence-electron chi connectivity index (χ2n) is 6.72. The van der Waals surface area contributed by atoms with Crippen LogP contribution in [0, 0.1) is 11.3 Å². The number of likely N-dealkylation sites (N-methyl/N-ethyl adjacent to an activating group) is 1. The zero-order valence-corrected chi connectivity index (χ0v) is 15.3. The molecular formula is C18H25N3O2S. The van der Waals surface area contributed by atoms with Crippen LogP contribution in [0.15, 0.2) is 24.3 Å². The fourth-order valence-electron chi connectivity index (χ4n) is 3.62. The molecule has 2 saturated heterocycles. The van der Waals surface area contributed by atoms with Crippen molar-refractivity contribution in [2.24, 2.45) is 0 Å². The van der Waals surface area contributed by atoms with Gasteiger partial charge in [0.15, 0.2) is 0 Å². The molecule has 3 rings (SSSR count). The van der Waals surface area contributed by atoms with E-state index in [1.54, 1.807) is 0 Å². The van der Waals surface area contributed by atoms with Crippen LogP contribution >= 0.6 is 13.5 Å². The molecule has 2 heterocycles. The van der Waals surface area contributed by atoms with Gasteiger partial charge in [0.1, 0.15) is 6.10 Å². The third kappa shape index (κ3) is 3.92. The summed E-state index contributed by atoms with van der Waals surface area (Å²) in [5, 5.41) is 8.85. The van der Waals surface area contributed by atoms with Gasteiger partial charge in [0, 0.05) is 33.2 Å². The first-order chi connectivity index (χ1) is 11.0. The molecule has 0 radical (unpaired) electrons. The highest BCUT2D eigenvalue weighted by atomic mass is 32.1. The number of morpholine rings is 1. The zero-order chi connectivity index (χ0) is 16.4. The topological polar surface area (TPSA) is 56.6 Å². The second-order valence-corrected chi connectivity index (χ2v) is 6.72. The van der Waals surface area contributed by atoms with E-state index in [0.717, 1.165) is 32.5 Å². The number of likely N-dealkylation sites (tertiary alicyclic amines) is 1. The summed E-state index contributed by atoms with van der Waals surface area (Å²) in [6, 6.07) is 9.93. The normalized spacial score (nSPS) is 23.6. The highest BCUT2D eigenvalue weighted by Gasteiger charge is 2.44. The molecule has 0 unspecified atom stereocenters. The molecule has 1 atom stereocenters. The first-order valence-electron chi connectivity index (χ1n) is 8.15. The molecule has 0 saturated carbocycles. The van der Waals surface area contributed by atoms with Gasteiger partial charge in [-0.3, -0.25) is 9.69 Å². The number of hydrogen-bond donors (Lipinski definition) is 0. The number of hydrogen-bond acceptors (Lipinski definition) is 4. The molecule has 1 aromatic rings. The van der Waals surface area contributed by atoms with Gasteiger partial charge in [-0.15, -0.1) is 0 Å². The summed E-state index contributed by atoms with van der Waals surface area (Å²) in [5.74, 6) is 0.0793. The summed E-state index contributed by atoms with van der Waals surface area (Å²) >= 11 is 0. The Morgan fingerprint density at radius 3 is 2.46 bits per heavy atom. The second kappa shape index (κ2) is 7.56. The van der Waals surface area contributed by atoms with Crippen LogP contribution < -0.4 is 0 Å². The minimum Gasteiger partial charge on any atom is -0.360 e. The van der Waals surface area contributed by atoms with Crippen LogP contribution in [0.2, 0.25) is 0 Å². The summed E-state index contributed by atoms with van der Waals surface area (Å²) < 4.78 is 6.07. The highest BCUT2D eigenvalue weighted by molar-refractivity contribution is 7.59. The van der Waals surface area contributed by atoms with E-state index in [9.17, 15) is 4.79 Å². The number of piperidine rings is 1. The van der Waals surface area contributed by atoms with Crippen LogP contribution in [0.4, 0.5) is 0 Å². The predicted octanol–water partition coefficient (Wildman–Crippen LogP) is 1.88. The lowest BCUT2D eigenvalue weighted by Crippen LogP contribution is -2.60. The quantitative estimate of drug-likeness (QED) is 0.820. The fraction of sp³-hybridized carbons (Fsp3) is 0.556. The monoisotopic (exact) mass is 347 g/mol. The Balaban J connectivity index is 0.00000208. The molecule has 2 fully saturated rings. The van der Waals surface area contributed by atoms with E-state index in [1.807, 2.05) is 43.1 Å². The first-order valence-corrected chi connectivity index (χ1v) is 8.15. The van der Waals surface area contributed by atoms with Crippen LogP contribution in [0.1, 0.15) is 30.9 Å². The van der Waals surface area contributed by atoms with Crippen molar-refractivity contribution in [2.45, 2.75) is 38.0 Å². The fourth-order valence-corrected chi connectivity index (χ4v) is 3.62. The minimum atomic E-state index is -0.334. The number of amides is 1. The van der Waals surface area contributed by atoms with E-state index in [2.05, 4.69) is 11.0 Å². The number of benzene rings is 1. The maximum Gasteiger partial charge on any atom is 0.251 e. The zero-order valence-electron chi connectivity index (χ0n) is 14.3. The molecule has 6 heteroatoms. The molecule has 1 amide bonds. The molecule has 2 aliphatic heterocycles. The largest absolute Gasteiger partial charge is 0.360 e. The Hall–Kier alpha value is -1.55. The van der Waals surface area contributed by atoms with Gasteiger partial charge in [0.2, 0.25) is 0 Å². The van der Waals surface area contributed by atoms with Crippen molar-refractivity contribution in [3.63, 3.8) is 0 Å². The summed E-state index contributed by atoms with van der Waals surface area (Å²) in [6.07, 6.45) is 1.56. The van der Waals surface area contributed by atoms with Gasteiger partial charge in [-0.2, -0.15) is 18.8 Å². The molecule has 24 heavy (non-hydrogen) atoms. The van der Waals surface area contributed by atoms with Crippen LogP contribution in [-0.2, 0) is 16.1 Å². The lowest BCUT2D eigenvalue weighted by molar-refractivity contribution is -0.187. The first kappa shape index (κ1) is 18.8. The van der Waals surface area contributed by atoms with Crippen LogP contribution in [0.5, 0.6) is 0 Å². The molecule has 0 aromatic heterocycles. The molecule has 1 spiro atoms. The number of carbonyl (C=O) groups excluding carboxylic acids is 1. The van der Waals surface area contributed by atoms with Crippen LogP contribution in [0.25, 0.3) is 0 Å². The smallest absolute Gasteiger partial charge is 0.251 e. The Morgan fingerprint density at radius 2 is 1.92 bits per heavy atom. The van der Waals surface area contributed by atoms with Gasteiger partial charge in [-0.1, -0.05) is 12.1 Å². The van der Waals surface area contributed by atoms with Crippen LogP contribution in [0.3, 0.4) is 0 Å². The van der Waals surface area contributed by atoms with E-state index < -0.39 is 0 Å². The van der Waals surface area contributed by atoms with Crippen molar-refractivity contribution in [1.29, 1.82) is 5.26 Å². The van der Waals surface area contributed by atoms with Crippen molar-refractivity contribution < 1.29 is 9.53 Å². The number of carbonyl (C=O) groups is 1. The van der Waals surface area contributed by atoms with Gasteiger partial charge in [0.05, 0.1) is 17.2 Å². The van der Waals surface area contributed by atoms with Crippen LogP contribution in [-0.4, -0.2) is 54.1 Å². The molecule has 0 N–H and O–H groups in total. The standard InChI is InChI=1S/C18H23N3O2.H2S/c1-14-17(22)20(2)13-18(23-14)7-9-21(10-8-18)12-16-5-3-15(11-19)4-6-16;/h3-6,14H,7-10,12-13H2,1-2H3;1H2/t14-;/m0./s1. The predicted molar refractivity (Wildman–Crippen MR) is 97.0 cm³/mol. The Morgan fingerprint density at radius 1 is 1.29 bits per heavy atom. The number of ether oxygens (including phenoxy) is 1. The summed E-state index contributed by atoms with van der Waals surface area (Å²) in [7, 11) is 1.87. The average molecular weight is 347 g/mol. The summed E-state index contributed by atoms with van der Waals surface area (Å²) in [5.41, 5.74) is 1.75. The number of nitriles is 1. The molecule has 0 aliphatic carbocycles.